The van der Waals surface area contributed by atoms with Gasteiger partial charge >= 0.3 is 51.2 Å². The van der Waals surface area contributed by atoms with E-state index in [9.17, 15) is 15.3 Å². The van der Waals surface area contributed by atoms with Gasteiger partial charge in [0.15, 0.2) is 23.2 Å². The molecule has 0 saturated carbocycles. The molecule has 0 aliphatic carbocycles. The van der Waals surface area contributed by atoms with Crippen LogP contribution >= 0.6 is 41.8 Å². The van der Waals surface area contributed by atoms with Gasteiger partial charge in [-0.2, -0.15) is 2.86 Å². The number of nitrogens with two attached hydrogens (primary N) is 1. The Kier molecular flexibility index (Phi) is 105. The summed E-state index contributed by atoms with van der Waals surface area (Å²) >= 11 is 1.44. The van der Waals surface area contributed by atoms with E-state index in [1.54, 1.807) is 18.6 Å². The van der Waals surface area contributed by atoms with E-state index < -0.39 is 17.8 Å². The molecule has 0 saturated heterocycles. The Labute approximate surface area is 142 Å². The van der Waals surface area contributed by atoms with Gasteiger partial charge in [-0.05, 0) is 7.05 Å². The molecule has 0 heterocycles. The van der Waals surface area contributed by atoms with Gasteiger partial charge < -0.3 is 21.4 Å². The average molecular weight is 615 g/mol. The fourth-order valence-electron chi connectivity index (χ4n) is 0. The molecule has 0 bridgehead atoms. The molecule has 0 fully saturated rings. The number of hydrogen-bond acceptors (Lipinski definition) is 6. The van der Waals surface area contributed by atoms with Crippen molar-refractivity contribution in [3.05, 3.63) is 0 Å². The van der Waals surface area contributed by atoms with Crippen LogP contribution in [0.2, 0.25) is 0 Å². The Morgan fingerprint density at radius 2 is 1.11 bits per heavy atom. The van der Waals surface area contributed by atoms with E-state index in [4.69, 9.17) is 0 Å². The van der Waals surface area contributed by atoms with E-state index in [1.807, 2.05) is 0 Å². The summed E-state index contributed by atoms with van der Waals surface area (Å²) in [5, 5.41) is 0. The number of rotatable bonds is 0. The van der Waals surface area contributed by atoms with Crippen molar-refractivity contribution in [2.24, 2.45) is 5.73 Å². The summed E-state index contributed by atoms with van der Waals surface area (Å²) in [4.78, 5) is 19.2. The number of hydrogen-bond donors (Lipinski definition) is 2. The second-order valence-electron chi connectivity index (χ2n) is 1.45. The predicted octanol–water partition coefficient (Wildman–Crippen LogP) is -0.289. The zero-order chi connectivity index (χ0) is 15.3. The van der Waals surface area contributed by atoms with E-state index in [0.717, 1.165) is 0 Å². The Hall–Kier alpha value is 0.910. The molecule has 5 N–H and O–H groups in total. The van der Waals surface area contributed by atoms with Crippen LogP contribution in [0, 0.1) is 0 Å². The first kappa shape index (κ1) is 36.4. The standard InChI is InChI=1S/2C3H6O2.CH5N.FI2.FI.H3N/c2*1-3(4)5-2;1-2;1-3-2;1-2;/h2*1-2H3;2H2,1H3;;;1H3/q;;;-1;;. The van der Waals surface area contributed by atoms with Gasteiger partial charge in [-0.3, -0.25) is 9.59 Å². The number of carbonyl (C=O) groups excluding carboxylic acids is 2. The number of esters is 2. The summed E-state index contributed by atoms with van der Waals surface area (Å²) < 4.78 is 28.1. The first-order valence-corrected chi connectivity index (χ1v) is 11.6. The maximum absolute atomic E-state index is 10.4. The first-order valence-electron chi connectivity index (χ1n) is 3.64. The van der Waals surface area contributed by atoms with E-state index >= 15 is 0 Å². The number of carbonyl (C=O) groups is 2. The van der Waals surface area contributed by atoms with Crippen molar-refractivity contribution in [2.45, 2.75) is 13.8 Å². The molecule has 0 aliphatic heterocycles. The molecule has 11 heteroatoms. The van der Waals surface area contributed by atoms with Crippen LogP contribution in [0.1, 0.15) is 13.8 Å². The minimum Gasteiger partial charge on any atom is -0.344 e. The van der Waals surface area contributed by atoms with Crippen LogP contribution in [-0.4, -0.2) is 33.2 Å². The molecule has 0 aromatic heterocycles. The fourth-order valence-corrected chi connectivity index (χ4v) is 0. The zero-order valence-corrected chi connectivity index (χ0v) is 17.3. The van der Waals surface area contributed by atoms with E-state index in [2.05, 4.69) is 15.2 Å². The molecule has 0 aliphatic rings. The molecule has 0 rings (SSSR count). The molecule has 18 heavy (non-hydrogen) atoms. The third kappa shape index (κ3) is 178. The van der Waals surface area contributed by atoms with Gasteiger partial charge in [-0.15, -0.1) is 0 Å². The average Bonchev–Trinajstić information content (AvgIpc) is 2.35. The fraction of sp³-hybridized carbons (Fsp3) is 0.714. The van der Waals surface area contributed by atoms with Gasteiger partial charge in [-0.1, -0.05) is 0 Å². The Balaban J connectivity index is -0.0000000262. The summed E-state index contributed by atoms with van der Waals surface area (Å²) in [7, 11) is 4.20. The molecule has 118 valence electrons. The maximum atomic E-state index is 10.4. The normalized spacial score (nSPS) is 5.67. The van der Waals surface area contributed by atoms with Crippen LogP contribution in [0.4, 0.5) is 5.72 Å². The van der Waals surface area contributed by atoms with E-state index in [-0.39, 0.29) is 18.1 Å². The molecule has 6 nitrogen and oxygen atoms in total. The van der Waals surface area contributed by atoms with Gasteiger partial charge in [0.05, 0.1) is 14.2 Å². The summed E-state index contributed by atoms with van der Waals surface area (Å²) in [6.07, 6.45) is 0. The predicted molar refractivity (Wildman–Crippen MR) is 80.8 cm³/mol. The van der Waals surface area contributed by atoms with Crippen LogP contribution < -0.4 is 29.7 Å². The third-order valence-corrected chi connectivity index (χ3v) is 0.575. The number of methoxy groups -OCH3 is 2. The SMILES string of the molecule is CN.COC(C)=O.COC(C)=O.FI.F[I-]I.N. The van der Waals surface area contributed by atoms with Crippen LogP contribution in [-0.2, 0) is 19.1 Å². The molecule has 0 aromatic carbocycles. The third-order valence-electron chi connectivity index (χ3n) is 0.575. The quantitative estimate of drug-likeness (QED) is 0.287. The second kappa shape index (κ2) is 52.1. The minimum absolute atomic E-state index is 0. The summed E-state index contributed by atoms with van der Waals surface area (Å²) in [5.41, 5.74) is 4.50. The van der Waals surface area contributed by atoms with Gasteiger partial charge in [0.25, 0.3) is 0 Å². The van der Waals surface area contributed by atoms with Gasteiger partial charge in [0.1, 0.15) is 0 Å². The Bertz CT molecular complexity index is 134. The Morgan fingerprint density at radius 3 is 1.11 bits per heavy atom. The smallest absolute Gasteiger partial charge is 0.344 e. The van der Waals surface area contributed by atoms with Crippen molar-refractivity contribution < 1.29 is 42.6 Å². The topological polar surface area (TPSA) is 114 Å². The molecule has 0 spiro atoms. The van der Waals surface area contributed by atoms with Crippen molar-refractivity contribution >= 4 is 53.7 Å². The molecule has 0 radical (unpaired) electrons. The molecular weight excluding hydrogens is 595 g/mol. The van der Waals surface area contributed by atoms with Crippen molar-refractivity contribution in [3.8, 4) is 0 Å². The molecule has 0 atom stereocenters. The van der Waals surface area contributed by atoms with E-state index in [0.29, 0.717) is 23.2 Å². The van der Waals surface area contributed by atoms with Crippen LogP contribution in [0.5, 0.6) is 0 Å². The second-order valence-corrected chi connectivity index (χ2v) is 3.82. The van der Waals surface area contributed by atoms with Crippen LogP contribution in [0.25, 0.3) is 0 Å². The summed E-state index contributed by atoms with van der Waals surface area (Å²) in [5.74, 6) is -0.491. The first-order chi connectivity index (χ1) is 7.95. The molecule has 0 aromatic rings. The van der Waals surface area contributed by atoms with Crippen LogP contribution in [0.3, 0.4) is 0 Å². The van der Waals surface area contributed by atoms with Crippen molar-refractivity contribution in [2.75, 3.05) is 21.3 Å². The van der Waals surface area contributed by atoms with Gasteiger partial charge in [-0.25, -0.2) is 0 Å². The molecule has 0 unspecified atom stereocenters. The number of ether oxygens (including phenoxy) is 2. The van der Waals surface area contributed by atoms with Crippen LogP contribution in [0.15, 0.2) is 0 Å². The number of halogens is 5. The monoisotopic (exact) mass is 615 g/mol. The van der Waals surface area contributed by atoms with Gasteiger partial charge in [0, 0.05) is 13.8 Å². The summed E-state index contributed by atoms with van der Waals surface area (Å²) in [6.45, 7) is 2.72. The van der Waals surface area contributed by atoms with Crippen molar-refractivity contribution in [3.63, 3.8) is 0 Å². The zero-order valence-electron chi connectivity index (χ0n) is 10.8. The van der Waals surface area contributed by atoms with E-state index in [1.165, 1.54) is 35.1 Å². The van der Waals surface area contributed by atoms with Crippen molar-refractivity contribution in [1.82, 2.24) is 6.15 Å². The van der Waals surface area contributed by atoms with Crippen molar-refractivity contribution in [1.29, 1.82) is 0 Å². The molecule has 0 amide bonds. The maximum Gasteiger partial charge on any atom is -0.344 e. The Morgan fingerprint density at radius 1 is 1.06 bits per heavy atom. The molecular formula is C7H20F2I3N2O4-. The summed E-state index contributed by atoms with van der Waals surface area (Å²) in [6, 6.07) is 0. The van der Waals surface area contributed by atoms with Gasteiger partial charge in [0.2, 0.25) is 0 Å². The largest absolute Gasteiger partial charge is 0.344 e. The minimum atomic E-state index is -0.940.